The lowest BCUT2D eigenvalue weighted by Crippen LogP contribution is -2.76. The van der Waals surface area contributed by atoms with Crippen LogP contribution in [0.4, 0.5) is 0 Å². The molecule has 1 fully saturated rings. The van der Waals surface area contributed by atoms with E-state index in [1.807, 2.05) is 6.55 Å². The summed E-state index contributed by atoms with van der Waals surface area (Å²) in [4.78, 5) is 0. The van der Waals surface area contributed by atoms with Crippen molar-refractivity contribution in [1.82, 2.24) is 0 Å². The van der Waals surface area contributed by atoms with E-state index in [-0.39, 0.29) is 21.3 Å². The molecule has 3 aromatic rings. The molecule has 394 valence electrons. The Bertz CT molecular complexity index is 2200. The average Bonchev–Trinajstić information content (AvgIpc) is 3.89. The highest BCUT2D eigenvalue weighted by atomic mass is 35.7. The molecule has 0 saturated carbocycles. The van der Waals surface area contributed by atoms with E-state index in [2.05, 4.69) is 198 Å². The molecule has 2 nitrogen and oxygen atoms in total. The smallest absolute Gasteiger partial charge is 0.248 e. The fraction of sp³-hybridized carbons (Fsp3) is 0.613. The second-order valence-electron chi connectivity index (χ2n) is 28.0. The monoisotopic (exact) mass is 1090 g/mol. The van der Waals surface area contributed by atoms with Crippen LogP contribution in [0.5, 0.6) is 0 Å². The first kappa shape index (κ1) is 60.3. The van der Waals surface area contributed by atoms with Gasteiger partial charge in [-0.1, -0.05) is 201 Å². The highest BCUT2D eigenvalue weighted by molar-refractivity contribution is 7.44. The Labute approximate surface area is 451 Å². The van der Waals surface area contributed by atoms with Gasteiger partial charge in [0.15, 0.2) is 0 Å². The summed E-state index contributed by atoms with van der Waals surface area (Å²) in [5.74, 6) is 0. The Hall–Kier alpha value is -1.54. The second-order valence-corrected chi connectivity index (χ2v) is 57.6. The Kier molecular flexibility index (Phi) is 20.6. The van der Waals surface area contributed by atoms with Gasteiger partial charge in [-0.25, -0.2) is 0 Å². The minimum Gasteiger partial charge on any atom is -0.376 e. The van der Waals surface area contributed by atoms with Gasteiger partial charge in [-0.15, -0.1) is 22.2 Å². The second kappa shape index (κ2) is 24.2. The third kappa shape index (κ3) is 17.0. The van der Waals surface area contributed by atoms with Crippen LogP contribution in [-0.4, -0.2) is 63.4 Å². The van der Waals surface area contributed by atoms with Gasteiger partial charge in [-0.05, 0) is 148 Å². The third-order valence-corrected chi connectivity index (χ3v) is 28.3. The van der Waals surface area contributed by atoms with Crippen molar-refractivity contribution in [3.8, 4) is 0 Å². The van der Waals surface area contributed by atoms with E-state index < -0.39 is 39.0 Å². The van der Waals surface area contributed by atoms with Gasteiger partial charge in [0.2, 0.25) is 6.69 Å². The molecule has 0 radical (unpaired) electrons. The topological polar surface area (TPSA) is 18.5 Å². The number of unbranched alkanes of at least 4 members (excludes halogenated alkanes) is 6. The molecule has 2 spiro atoms. The Morgan fingerprint density at radius 1 is 0.507 bits per heavy atom. The largest absolute Gasteiger partial charge is 0.376 e. The molecule has 3 aliphatic carbocycles. The molecule has 0 amide bonds. The highest BCUT2D eigenvalue weighted by Crippen LogP contribution is 2.71. The Morgan fingerprint density at radius 3 is 1.34 bits per heavy atom. The fourth-order valence-corrected chi connectivity index (χ4v) is 24.4. The molecule has 0 bridgehead atoms. The first-order chi connectivity index (χ1) is 32.8. The summed E-state index contributed by atoms with van der Waals surface area (Å²) in [6.45, 7) is 40.1. The Morgan fingerprint density at radius 2 is 0.901 bits per heavy atom. The van der Waals surface area contributed by atoms with Gasteiger partial charge in [0, 0.05) is 47.5 Å². The average molecular weight is 1090 g/mol. The summed E-state index contributed by atoms with van der Waals surface area (Å²) in [6, 6.07) is 34.4. The fourth-order valence-electron chi connectivity index (χ4n) is 12.1. The maximum absolute atomic E-state index is 6.04. The number of rotatable bonds is 20. The molecule has 0 N–H and O–H groups in total. The summed E-state index contributed by atoms with van der Waals surface area (Å²) in [5.41, 5.74) is 14.5. The number of halogens is 2. The zero-order valence-corrected chi connectivity index (χ0v) is 54.8. The molecule has 4 aliphatic rings. The lowest BCUT2D eigenvalue weighted by molar-refractivity contribution is -0.00508. The molecule has 71 heavy (non-hydrogen) atoms. The molecule has 1 aliphatic heterocycles. The van der Waals surface area contributed by atoms with Crippen LogP contribution in [0.15, 0.2) is 91.0 Å². The number of hydrogen-bond donors (Lipinski definition) is 0. The van der Waals surface area contributed by atoms with E-state index in [4.69, 9.17) is 31.6 Å². The molecular formula is C62H100Cl2O2Si5. The predicted molar refractivity (Wildman–Crippen MR) is 332 cm³/mol. The summed E-state index contributed by atoms with van der Waals surface area (Å²) in [6.07, 6.45) is 20.5. The van der Waals surface area contributed by atoms with Crippen molar-refractivity contribution in [2.45, 2.75) is 229 Å². The van der Waals surface area contributed by atoms with Crippen molar-refractivity contribution in [1.29, 1.82) is 0 Å². The van der Waals surface area contributed by atoms with E-state index in [0.717, 1.165) is 38.5 Å². The van der Waals surface area contributed by atoms with Gasteiger partial charge in [0.05, 0.1) is 19.3 Å². The van der Waals surface area contributed by atoms with Crippen LogP contribution in [0, 0.1) is 0 Å². The third-order valence-electron chi connectivity index (χ3n) is 15.1. The van der Waals surface area contributed by atoms with Crippen LogP contribution in [0.25, 0.3) is 16.7 Å². The SMILES string of the molecule is CC(C)(C)OCCCCCC[Si](C)(Cl)Cl.CC(C)(C)OCCCCCC[Si]1(C)C2(C=C(C[Si](C)(C)C)c3ccccc32)CC12C=C(C[Si](C)(C)C)c1ccccc12.C[Si](C)(C)CC1=CCc2ccccc21. The number of benzene rings is 3. The maximum atomic E-state index is 6.04. The molecule has 1 saturated heterocycles. The molecule has 7 rings (SSSR count). The molecule has 2 unspecified atom stereocenters. The molecule has 2 atom stereocenters. The van der Waals surface area contributed by atoms with Crippen molar-refractivity contribution in [3.63, 3.8) is 0 Å². The Balaban J connectivity index is 0.000000262. The summed E-state index contributed by atoms with van der Waals surface area (Å²) < 4.78 is 11.7. The number of ether oxygens (including phenoxy) is 2. The van der Waals surface area contributed by atoms with Gasteiger partial charge >= 0.3 is 0 Å². The lowest BCUT2D eigenvalue weighted by Gasteiger charge is -2.67. The van der Waals surface area contributed by atoms with E-state index in [1.54, 1.807) is 39.0 Å². The molecular weight excluding hydrogens is 988 g/mol. The maximum Gasteiger partial charge on any atom is 0.248 e. The normalized spacial score (nSPS) is 21.6. The number of allylic oxidation sites excluding steroid dienone is 6. The van der Waals surface area contributed by atoms with Crippen molar-refractivity contribution in [2.75, 3.05) is 13.2 Å². The van der Waals surface area contributed by atoms with Crippen LogP contribution in [0.1, 0.15) is 133 Å². The van der Waals surface area contributed by atoms with Gasteiger partial charge in [-0.2, -0.15) is 0 Å². The zero-order valence-electron chi connectivity index (χ0n) is 48.3. The van der Waals surface area contributed by atoms with Crippen molar-refractivity contribution in [2.24, 2.45) is 0 Å². The minimum atomic E-state index is -1.92. The number of hydrogen-bond acceptors (Lipinski definition) is 2. The molecule has 9 heteroatoms. The van der Waals surface area contributed by atoms with Crippen molar-refractivity contribution >= 4 is 77.9 Å². The summed E-state index contributed by atoms with van der Waals surface area (Å²) in [5, 5.41) is 0.512. The quantitative estimate of drug-likeness (QED) is 0.0638. The van der Waals surface area contributed by atoms with Gasteiger partial charge in [0.25, 0.3) is 0 Å². The summed E-state index contributed by atoms with van der Waals surface area (Å²) in [7, 11) is -5.39. The van der Waals surface area contributed by atoms with Gasteiger partial charge in [-0.3, -0.25) is 0 Å². The standard InChI is InChI=1S/C38H58OSi3.C13H18Si.C11H24Cl2OSi/c1-36(2,3)39-23-17-11-12-18-24-42(10)37(25-30(27-40(4,5)6)32-19-13-15-21-34(32)37)29-38(42)26-31(28-41(7,8)9)33-20-14-16-22-35(33)38;1-14(2,3)10-12-9-8-11-6-4-5-7-13(11)12;1-11(2,3)14-9-7-5-6-8-10-15(4,12)13/h13-16,19-22,25-26H,11-12,17-18,23-24,27-29H2,1-10H3;4-7,9H,8,10H2,1-3H3;5-10H2,1-4H3. The van der Waals surface area contributed by atoms with E-state index in [0.29, 0.717) is 0 Å². The van der Waals surface area contributed by atoms with Gasteiger partial charge in [0.1, 0.15) is 0 Å². The van der Waals surface area contributed by atoms with Crippen LogP contribution in [0.2, 0.25) is 102 Å². The minimum absolute atomic E-state index is 0.00222. The first-order valence-corrected chi connectivity index (χ1v) is 46.4. The van der Waals surface area contributed by atoms with Crippen LogP contribution >= 0.6 is 22.2 Å². The first-order valence-electron chi connectivity index (χ1n) is 27.8. The van der Waals surface area contributed by atoms with Crippen molar-refractivity contribution < 1.29 is 9.47 Å². The predicted octanol–water partition coefficient (Wildman–Crippen LogP) is 20.1. The van der Waals surface area contributed by atoms with Crippen LogP contribution in [0.3, 0.4) is 0 Å². The highest BCUT2D eigenvalue weighted by Gasteiger charge is 2.73. The van der Waals surface area contributed by atoms with E-state index in [9.17, 15) is 0 Å². The molecule has 3 aromatic carbocycles. The molecule has 1 heterocycles. The summed E-state index contributed by atoms with van der Waals surface area (Å²) >= 11 is 12.0. The molecule has 0 aromatic heterocycles. The zero-order chi connectivity index (χ0) is 52.7. The van der Waals surface area contributed by atoms with Gasteiger partial charge < -0.3 is 9.47 Å². The van der Waals surface area contributed by atoms with E-state index >= 15 is 0 Å². The lowest BCUT2D eigenvalue weighted by atomic mass is 9.83. The van der Waals surface area contributed by atoms with Crippen molar-refractivity contribution in [3.05, 3.63) is 124 Å². The van der Waals surface area contributed by atoms with E-state index in [1.165, 1.54) is 80.2 Å². The van der Waals surface area contributed by atoms with Crippen LogP contribution < -0.4 is 0 Å². The van der Waals surface area contributed by atoms with Crippen LogP contribution in [-0.2, 0) is 26.0 Å². The number of fused-ring (bicyclic) bond motifs is 5.